The molecule has 0 unspecified atom stereocenters. The van der Waals surface area contributed by atoms with E-state index >= 15 is 0 Å². The van der Waals surface area contributed by atoms with E-state index in [1.807, 2.05) is 0 Å². The van der Waals surface area contributed by atoms with Gasteiger partial charge >= 0.3 is 0 Å². The lowest BCUT2D eigenvalue weighted by Gasteiger charge is -2.23. The van der Waals surface area contributed by atoms with E-state index in [2.05, 4.69) is 9.97 Å². The molecule has 1 aliphatic rings. The zero-order valence-electron chi connectivity index (χ0n) is 15.9. The Bertz CT molecular complexity index is 1280. The molecule has 0 aliphatic carbocycles. The molecule has 0 N–H and O–H groups in total. The summed E-state index contributed by atoms with van der Waals surface area (Å²) in [6, 6.07) is 10.9. The SMILES string of the molecule is O=S1(=O)CCC(S(=O)(=O)c2ccccc2-c2ccc(-c3cncnc3)c(F)c2)CC1. The van der Waals surface area contributed by atoms with Crippen LogP contribution in [0.3, 0.4) is 0 Å². The zero-order valence-corrected chi connectivity index (χ0v) is 17.5. The molecule has 0 atom stereocenters. The quantitative estimate of drug-likeness (QED) is 0.610. The lowest BCUT2D eigenvalue weighted by Crippen LogP contribution is -2.33. The number of sulfone groups is 2. The Morgan fingerprint density at radius 1 is 0.900 bits per heavy atom. The van der Waals surface area contributed by atoms with Gasteiger partial charge in [-0.3, -0.25) is 0 Å². The average Bonchev–Trinajstić information content (AvgIpc) is 2.74. The normalized spacial score (nSPS) is 17.0. The Labute approximate surface area is 174 Å². The first-order valence-electron chi connectivity index (χ1n) is 9.36. The lowest BCUT2D eigenvalue weighted by atomic mass is 10.0. The van der Waals surface area contributed by atoms with E-state index in [1.165, 1.54) is 30.9 Å². The molecule has 1 aromatic heterocycles. The van der Waals surface area contributed by atoms with Crippen molar-refractivity contribution in [2.75, 3.05) is 11.5 Å². The number of hydrogen-bond donors (Lipinski definition) is 0. The Morgan fingerprint density at radius 2 is 1.57 bits per heavy atom. The third-order valence-corrected chi connectivity index (χ3v) is 9.32. The summed E-state index contributed by atoms with van der Waals surface area (Å²) in [6.07, 6.45) is 4.50. The van der Waals surface area contributed by atoms with Gasteiger partial charge in [0, 0.05) is 29.1 Å². The minimum absolute atomic E-state index is 0.0697. The maximum atomic E-state index is 14.8. The van der Waals surface area contributed by atoms with Crippen molar-refractivity contribution in [3.63, 3.8) is 0 Å². The van der Waals surface area contributed by atoms with Crippen molar-refractivity contribution in [1.82, 2.24) is 9.97 Å². The summed E-state index contributed by atoms with van der Waals surface area (Å²) in [5.41, 5.74) is 1.65. The van der Waals surface area contributed by atoms with Crippen molar-refractivity contribution >= 4 is 19.7 Å². The predicted octanol–water partition coefficient (Wildman–Crippen LogP) is 3.30. The van der Waals surface area contributed by atoms with Crippen molar-refractivity contribution in [3.05, 3.63) is 67.0 Å². The second-order valence-electron chi connectivity index (χ2n) is 7.21. The highest BCUT2D eigenvalue weighted by Crippen LogP contribution is 2.34. The first-order valence-corrected chi connectivity index (χ1v) is 12.7. The molecule has 2 heterocycles. The molecule has 0 amide bonds. The van der Waals surface area contributed by atoms with E-state index < -0.39 is 30.7 Å². The summed E-state index contributed by atoms with van der Waals surface area (Å²) >= 11 is 0. The molecule has 156 valence electrons. The third-order valence-electron chi connectivity index (χ3n) is 5.29. The summed E-state index contributed by atoms with van der Waals surface area (Å²) in [7, 11) is -6.95. The van der Waals surface area contributed by atoms with Crippen LogP contribution in [0, 0.1) is 5.82 Å². The number of hydrogen-bond acceptors (Lipinski definition) is 6. The molecule has 0 spiro atoms. The smallest absolute Gasteiger partial charge is 0.181 e. The molecule has 0 saturated carbocycles. The Kier molecular flexibility index (Phi) is 5.42. The average molecular weight is 447 g/mol. The maximum absolute atomic E-state index is 14.8. The maximum Gasteiger partial charge on any atom is 0.181 e. The molecule has 0 bridgehead atoms. The van der Waals surface area contributed by atoms with E-state index in [1.54, 1.807) is 30.3 Å². The number of nitrogens with zero attached hydrogens (tertiary/aromatic N) is 2. The number of benzene rings is 2. The van der Waals surface area contributed by atoms with Crippen LogP contribution in [0.2, 0.25) is 0 Å². The van der Waals surface area contributed by atoms with Crippen LogP contribution in [0.25, 0.3) is 22.3 Å². The molecular formula is C21H19FN2O4S2. The highest BCUT2D eigenvalue weighted by atomic mass is 32.2. The van der Waals surface area contributed by atoms with Gasteiger partial charge < -0.3 is 0 Å². The summed E-state index contributed by atoms with van der Waals surface area (Å²) < 4.78 is 64.7. The van der Waals surface area contributed by atoms with Gasteiger partial charge in [-0.1, -0.05) is 30.3 Å². The fraction of sp³-hybridized carbons (Fsp3) is 0.238. The molecule has 9 heteroatoms. The largest absolute Gasteiger partial charge is 0.244 e. The van der Waals surface area contributed by atoms with Gasteiger partial charge in [0.1, 0.15) is 22.0 Å². The van der Waals surface area contributed by atoms with Crippen molar-refractivity contribution in [2.45, 2.75) is 23.0 Å². The lowest BCUT2D eigenvalue weighted by molar-refractivity contribution is 0.552. The van der Waals surface area contributed by atoms with Gasteiger partial charge in [0.25, 0.3) is 0 Å². The zero-order chi connectivity index (χ0) is 21.4. The summed E-state index contributed by atoms with van der Waals surface area (Å²) in [5, 5.41) is -0.771. The van der Waals surface area contributed by atoms with Crippen LogP contribution in [0.1, 0.15) is 12.8 Å². The fourth-order valence-corrected chi connectivity index (χ4v) is 7.43. The molecular weight excluding hydrogens is 427 g/mol. The van der Waals surface area contributed by atoms with Crippen molar-refractivity contribution < 1.29 is 21.2 Å². The van der Waals surface area contributed by atoms with E-state index in [0.717, 1.165) is 0 Å². The van der Waals surface area contributed by atoms with Crippen molar-refractivity contribution in [1.29, 1.82) is 0 Å². The summed E-state index contributed by atoms with van der Waals surface area (Å²) in [5.74, 6) is -0.790. The molecule has 4 rings (SSSR count). The molecule has 6 nitrogen and oxygen atoms in total. The first kappa shape index (κ1) is 20.6. The minimum atomic E-state index is -3.77. The van der Waals surface area contributed by atoms with Crippen LogP contribution in [0.15, 0.2) is 66.1 Å². The van der Waals surface area contributed by atoms with Crippen LogP contribution in [-0.2, 0) is 19.7 Å². The minimum Gasteiger partial charge on any atom is -0.244 e. The molecule has 1 aliphatic heterocycles. The molecule has 1 saturated heterocycles. The van der Waals surface area contributed by atoms with E-state index in [4.69, 9.17) is 0 Å². The van der Waals surface area contributed by atoms with Crippen LogP contribution >= 0.6 is 0 Å². The Hall–Kier alpha value is -2.65. The number of aromatic nitrogens is 2. The van der Waals surface area contributed by atoms with Gasteiger partial charge in [0.15, 0.2) is 9.84 Å². The molecule has 0 radical (unpaired) electrons. The summed E-state index contributed by atoms with van der Waals surface area (Å²) in [4.78, 5) is 7.87. The first-order chi connectivity index (χ1) is 14.3. The standard InChI is InChI=1S/C21H19FN2O4S2/c22-20-11-15(5-6-18(20)16-12-23-14-24-13-16)19-3-1-2-4-21(19)30(27,28)17-7-9-29(25,26)10-8-17/h1-6,11-14,17H,7-10H2. The second kappa shape index (κ2) is 7.88. The molecule has 30 heavy (non-hydrogen) atoms. The Balaban J connectivity index is 1.73. The van der Waals surface area contributed by atoms with Gasteiger partial charge in [-0.2, -0.15) is 0 Å². The van der Waals surface area contributed by atoms with Gasteiger partial charge in [-0.25, -0.2) is 31.2 Å². The molecule has 3 aromatic rings. The van der Waals surface area contributed by atoms with E-state index in [-0.39, 0.29) is 29.2 Å². The van der Waals surface area contributed by atoms with Crippen LogP contribution in [0.4, 0.5) is 4.39 Å². The Morgan fingerprint density at radius 3 is 2.23 bits per heavy atom. The third kappa shape index (κ3) is 3.99. The fourth-order valence-electron chi connectivity index (χ4n) is 3.67. The topological polar surface area (TPSA) is 94.1 Å². The monoisotopic (exact) mass is 446 g/mol. The van der Waals surface area contributed by atoms with Crippen molar-refractivity contribution in [3.8, 4) is 22.3 Å². The van der Waals surface area contributed by atoms with Crippen molar-refractivity contribution in [2.24, 2.45) is 0 Å². The van der Waals surface area contributed by atoms with E-state index in [0.29, 0.717) is 22.3 Å². The number of halogens is 1. The van der Waals surface area contributed by atoms with Gasteiger partial charge in [-0.15, -0.1) is 0 Å². The summed E-state index contributed by atoms with van der Waals surface area (Å²) in [6.45, 7) is 0. The van der Waals surface area contributed by atoms with Crippen LogP contribution < -0.4 is 0 Å². The highest BCUT2D eigenvalue weighted by Gasteiger charge is 2.35. The number of rotatable bonds is 4. The van der Waals surface area contributed by atoms with Gasteiger partial charge in [0.2, 0.25) is 0 Å². The highest BCUT2D eigenvalue weighted by molar-refractivity contribution is 7.93. The van der Waals surface area contributed by atoms with Gasteiger partial charge in [-0.05, 0) is 30.5 Å². The molecule has 2 aromatic carbocycles. The van der Waals surface area contributed by atoms with E-state index in [9.17, 15) is 21.2 Å². The van der Waals surface area contributed by atoms with Gasteiger partial charge in [0.05, 0.1) is 21.7 Å². The second-order valence-corrected chi connectivity index (χ2v) is 11.7. The van der Waals surface area contributed by atoms with Crippen LogP contribution in [-0.4, -0.2) is 43.6 Å². The predicted molar refractivity (Wildman–Crippen MR) is 112 cm³/mol. The molecule has 1 fully saturated rings. The van der Waals surface area contributed by atoms with Crippen LogP contribution in [0.5, 0.6) is 0 Å².